The highest BCUT2D eigenvalue weighted by Gasteiger charge is 2.46. The van der Waals surface area contributed by atoms with Gasteiger partial charge in [-0.3, -0.25) is 9.80 Å². The molecule has 0 aliphatic carbocycles. The first-order chi connectivity index (χ1) is 13.0. The zero-order chi connectivity index (χ0) is 19.8. The van der Waals surface area contributed by atoms with E-state index in [0.29, 0.717) is 19.6 Å². The molecule has 0 saturated carbocycles. The molecule has 0 bridgehead atoms. The molecule has 5 atom stereocenters. The molecule has 2 heterocycles. The summed E-state index contributed by atoms with van der Waals surface area (Å²) in [7, 11) is 0. The number of hydrogen-bond acceptors (Lipinski definition) is 8. The van der Waals surface area contributed by atoms with Gasteiger partial charge in [0, 0.05) is 38.6 Å². The SMILES string of the molecule is O=C(NCCCl)N(CCCN1CCOCC1)[C@@H]1O[C@H](CO)[C@H](O)[C@H](O)[C@H]1O. The number of nitrogens with zero attached hydrogens (tertiary/aromatic N) is 2. The Hall–Kier alpha value is -0.720. The number of ether oxygens (including phenoxy) is 2. The van der Waals surface area contributed by atoms with E-state index < -0.39 is 43.3 Å². The van der Waals surface area contributed by atoms with E-state index in [9.17, 15) is 25.2 Å². The fraction of sp³-hybridized carbons (Fsp3) is 0.938. The summed E-state index contributed by atoms with van der Waals surface area (Å²) in [6.07, 6.45) is -6.17. The van der Waals surface area contributed by atoms with Crippen LogP contribution in [-0.4, -0.2) is 125 Å². The number of carbonyl (C=O) groups is 1. The van der Waals surface area contributed by atoms with Crippen molar-refractivity contribution in [3.05, 3.63) is 0 Å². The second-order valence-electron chi connectivity index (χ2n) is 6.64. The Labute approximate surface area is 163 Å². The summed E-state index contributed by atoms with van der Waals surface area (Å²) in [6.45, 7) is 3.66. The fourth-order valence-corrected chi connectivity index (χ4v) is 3.32. The zero-order valence-corrected chi connectivity index (χ0v) is 16.0. The number of carbonyl (C=O) groups excluding carboxylic acids is 1. The van der Waals surface area contributed by atoms with Gasteiger partial charge in [-0.25, -0.2) is 4.79 Å². The van der Waals surface area contributed by atoms with Crippen LogP contribution in [0.15, 0.2) is 0 Å². The van der Waals surface area contributed by atoms with Crippen molar-refractivity contribution >= 4 is 17.6 Å². The first-order valence-corrected chi connectivity index (χ1v) is 9.74. The van der Waals surface area contributed by atoms with E-state index >= 15 is 0 Å². The Morgan fingerprint density at radius 3 is 2.52 bits per heavy atom. The lowest BCUT2D eigenvalue weighted by molar-refractivity contribution is -0.257. The summed E-state index contributed by atoms with van der Waals surface area (Å²) in [6, 6.07) is -0.498. The van der Waals surface area contributed by atoms with Crippen LogP contribution in [0.5, 0.6) is 0 Å². The summed E-state index contributed by atoms with van der Waals surface area (Å²) in [5.41, 5.74) is 0. The van der Waals surface area contributed by atoms with E-state index in [-0.39, 0.29) is 19.0 Å². The Morgan fingerprint density at radius 2 is 1.89 bits per heavy atom. The van der Waals surface area contributed by atoms with Crippen LogP contribution in [0.3, 0.4) is 0 Å². The van der Waals surface area contributed by atoms with Gasteiger partial charge < -0.3 is 35.2 Å². The maximum atomic E-state index is 12.5. The average Bonchev–Trinajstić information content (AvgIpc) is 2.69. The lowest BCUT2D eigenvalue weighted by Crippen LogP contribution is -2.65. The third kappa shape index (κ3) is 6.13. The van der Waals surface area contributed by atoms with Gasteiger partial charge in [0.25, 0.3) is 0 Å². The Bertz CT molecular complexity index is 454. The molecule has 0 aromatic rings. The Balaban J connectivity index is 2.02. The lowest BCUT2D eigenvalue weighted by atomic mass is 9.97. The molecule has 10 nitrogen and oxygen atoms in total. The topological polar surface area (TPSA) is 135 Å². The number of nitrogens with one attached hydrogen (secondary N) is 1. The van der Waals surface area contributed by atoms with Gasteiger partial charge in [-0.05, 0) is 6.42 Å². The van der Waals surface area contributed by atoms with Gasteiger partial charge in [0.2, 0.25) is 0 Å². The van der Waals surface area contributed by atoms with Crippen molar-refractivity contribution in [3.63, 3.8) is 0 Å². The minimum atomic E-state index is -1.54. The van der Waals surface area contributed by atoms with Gasteiger partial charge >= 0.3 is 6.03 Å². The summed E-state index contributed by atoms with van der Waals surface area (Å²) in [5, 5.41) is 42.2. The van der Waals surface area contributed by atoms with Crippen molar-refractivity contribution in [3.8, 4) is 0 Å². The maximum Gasteiger partial charge on any atom is 0.319 e. The van der Waals surface area contributed by atoms with E-state index in [4.69, 9.17) is 21.1 Å². The predicted molar refractivity (Wildman–Crippen MR) is 96.5 cm³/mol. The van der Waals surface area contributed by atoms with Gasteiger partial charge in [-0.15, -0.1) is 11.6 Å². The third-order valence-corrected chi connectivity index (χ3v) is 4.97. The van der Waals surface area contributed by atoms with Crippen molar-refractivity contribution < 1.29 is 34.7 Å². The first-order valence-electron chi connectivity index (χ1n) is 9.20. The molecule has 0 aromatic carbocycles. The molecular formula is C16H30ClN3O7. The van der Waals surface area contributed by atoms with Crippen LogP contribution in [0, 0.1) is 0 Å². The van der Waals surface area contributed by atoms with E-state index in [0.717, 1.165) is 19.6 Å². The molecule has 158 valence electrons. The number of rotatable bonds is 8. The summed E-state index contributed by atoms with van der Waals surface area (Å²) >= 11 is 5.62. The molecule has 0 radical (unpaired) electrons. The molecule has 2 aliphatic rings. The van der Waals surface area contributed by atoms with Crippen LogP contribution in [0.25, 0.3) is 0 Å². The quantitative estimate of drug-likeness (QED) is 0.283. The van der Waals surface area contributed by atoms with Crippen molar-refractivity contribution in [2.24, 2.45) is 0 Å². The standard InChI is InChI=1S/C16H30ClN3O7/c17-2-3-18-16(25)20(5-1-4-19-6-8-26-9-7-19)15-14(24)13(23)12(22)11(10-21)27-15/h11-15,21-24H,1-10H2,(H,18,25)/t11-,12+,13+,14-,15-/m1/s1. The van der Waals surface area contributed by atoms with Crippen LogP contribution in [-0.2, 0) is 9.47 Å². The minimum Gasteiger partial charge on any atom is -0.394 e. The number of amides is 2. The van der Waals surface area contributed by atoms with Crippen molar-refractivity contribution in [1.29, 1.82) is 0 Å². The minimum absolute atomic E-state index is 0.224. The largest absolute Gasteiger partial charge is 0.394 e. The molecule has 2 fully saturated rings. The number of halogens is 1. The highest BCUT2D eigenvalue weighted by atomic mass is 35.5. The highest BCUT2D eigenvalue weighted by Crippen LogP contribution is 2.24. The number of morpholine rings is 1. The molecule has 5 N–H and O–H groups in total. The molecule has 11 heteroatoms. The Kier molecular flexibility index (Phi) is 9.46. The molecule has 2 rings (SSSR count). The van der Waals surface area contributed by atoms with Gasteiger partial charge in [0.05, 0.1) is 19.8 Å². The van der Waals surface area contributed by atoms with Gasteiger partial charge in [0.1, 0.15) is 24.4 Å². The third-order valence-electron chi connectivity index (χ3n) is 4.78. The van der Waals surface area contributed by atoms with Crippen LogP contribution in [0.2, 0.25) is 0 Å². The number of alkyl halides is 1. The van der Waals surface area contributed by atoms with Crippen LogP contribution in [0.4, 0.5) is 4.79 Å². The van der Waals surface area contributed by atoms with Gasteiger partial charge in [0.15, 0.2) is 6.23 Å². The van der Waals surface area contributed by atoms with Crippen molar-refractivity contribution in [1.82, 2.24) is 15.1 Å². The van der Waals surface area contributed by atoms with E-state index in [1.165, 1.54) is 4.90 Å². The summed E-state index contributed by atoms with van der Waals surface area (Å²) < 4.78 is 10.8. The highest BCUT2D eigenvalue weighted by molar-refractivity contribution is 6.18. The Morgan fingerprint density at radius 1 is 1.19 bits per heavy atom. The predicted octanol–water partition coefficient (Wildman–Crippen LogP) is -2.24. The summed E-state index contributed by atoms with van der Waals surface area (Å²) in [5.74, 6) is 0.224. The second-order valence-corrected chi connectivity index (χ2v) is 7.02. The normalized spacial score (nSPS) is 32.3. The molecular weight excluding hydrogens is 382 g/mol. The van der Waals surface area contributed by atoms with Crippen LogP contribution < -0.4 is 5.32 Å². The van der Waals surface area contributed by atoms with E-state index in [1.807, 2.05) is 0 Å². The zero-order valence-electron chi connectivity index (χ0n) is 15.2. The van der Waals surface area contributed by atoms with Gasteiger partial charge in [-0.1, -0.05) is 0 Å². The molecule has 2 aliphatic heterocycles. The number of aliphatic hydroxyl groups is 4. The molecule has 0 unspecified atom stereocenters. The van der Waals surface area contributed by atoms with Crippen LogP contribution >= 0.6 is 11.6 Å². The monoisotopic (exact) mass is 411 g/mol. The van der Waals surface area contributed by atoms with E-state index in [2.05, 4.69) is 10.2 Å². The molecule has 27 heavy (non-hydrogen) atoms. The first kappa shape index (κ1) is 22.6. The van der Waals surface area contributed by atoms with Crippen molar-refractivity contribution in [2.45, 2.75) is 37.1 Å². The lowest BCUT2D eigenvalue weighted by Gasteiger charge is -2.44. The number of aliphatic hydroxyl groups excluding tert-OH is 4. The van der Waals surface area contributed by atoms with Crippen LogP contribution in [0.1, 0.15) is 6.42 Å². The maximum absolute atomic E-state index is 12.5. The molecule has 2 saturated heterocycles. The average molecular weight is 412 g/mol. The fourth-order valence-electron chi connectivity index (χ4n) is 3.23. The molecule has 2 amide bonds. The number of hydrogen-bond donors (Lipinski definition) is 5. The number of urea groups is 1. The van der Waals surface area contributed by atoms with Gasteiger partial charge in [-0.2, -0.15) is 0 Å². The van der Waals surface area contributed by atoms with Crippen molar-refractivity contribution in [2.75, 3.05) is 58.4 Å². The summed E-state index contributed by atoms with van der Waals surface area (Å²) in [4.78, 5) is 16.0. The smallest absolute Gasteiger partial charge is 0.319 e. The van der Waals surface area contributed by atoms with E-state index in [1.54, 1.807) is 0 Å². The second kappa shape index (κ2) is 11.3. The molecule has 0 spiro atoms. The molecule has 0 aromatic heterocycles.